The fraction of sp³-hybridized carbons (Fsp3) is 0.500. The Kier molecular flexibility index (Phi) is 7.05. The summed E-state index contributed by atoms with van der Waals surface area (Å²) in [5.74, 6) is 0.459. The molecular formula is C22H31N3OS. The van der Waals surface area contributed by atoms with Gasteiger partial charge in [0.15, 0.2) is 0 Å². The number of likely N-dealkylation sites (N-methyl/N-ethyl adjacent to an activating group) is 1. The molecule has 0 aliphatic carbocycles. The second-order valence-electron chi connectivity index (χ2n) is 7.69. The normalized spacial score (nSPS) is 18.7. The Morgan fingerprint density at radius 3 is 2.74 bits per heavy atom. The number of benzene rings is 1. The summed E-state index contributed by atoms with van der Waals surface area (Å²) in [5, 5.41) is 5.13. The van der Waals surface area contributed by atoms with Crippen molar-refractivity contribution in [3.63, 3.8) is 0 Å². The Bertz CT molecular complexity index is 728. The van der Waals surface area contributed by atoms with Crippen molar-refractivity contribution in [1.29, 1.82) is 0 Å². The number of nitrogens with zero attached hydrogens (tertiary/aromatic N) is 2. The first kappa shape index (κ1) is 20.1. The molecule has 3 rings (SSSR count). The highest BCUT2D eigenvalue weighted by Crippen LogP contribution is 2.25. The maximum absolute atomic E-state index is 12.5. The Hall–Kier alpha value is -1.69. The zero-order valence-corrected chi connectivity index (χ0v) is 17.5. The third-order valence-corrected chi connectivity index (χ3v) is 6.24. The molecule has 0 spiro atoms. The minimum absolute atomic E-state index is 0.0756. The summed E-state index contributed by atoms with van der Waals surface area (Å²) >= 11 is 1.54. The summed E-state index contributed by atoms with van der Waals surface area (Å²) in [4.78, 5) is 18.3. The summed E-state index contributed by atoms with van der Waals surface area (Å²) in [6, 6.07) is 13.3. The second kappa shape index (κ2) is 9.49. The van der Waals surface area contributed by atoms with Crippen LogP contribution in [0, 0.1) is 0 Å². The van der Waals surface area contributed by atoms with E-state index in [9.17, 15) is 4.79 Å². The van der Waals surface area contributed by atoms with E-state index >= 15 is 0 Å². The van der Waals surface area contributed by atoms with Gasteiger partial charge in [0.1, 0.15) is 0 Å². The van der Waals surface area contributed by atoms with E-state index in [4.69, 9.17) is 0 Å². The lowest BCUT2D eigenvalue weighted by Gasteiger charge is -2.40. The SMILES string of the molecule is CC(C)c1ccsc1C(=O)NCCCN1CCN(C)C[C@@H]1c1ccccc1. The van der Waals surface area contributed by atoms with Crippen molar-refractivity contribution in [1.82, 2.24) is 15.1 Å². The predicted molar refractivity (Wildman–Crippen MR) is 114 cm³/mol. The van der Waals surface area contributed by atoms with Gasteiger partial charge in [0, 0.05) is 38.8 Å². The van der Waals surface area contributed by atoms with Crippen LogP contribution in [0.15, 0.2) is 41.8 Å². The Morgan fingerprint density at radius 1 is 1.22 bits per heavy atom. The number of hydrogen-bond acceptors (Lipinski definition) is 4. The van der Waals surface area contributed by atoms with E-state index < -0.39 is 0 Å². The minimum Gasteiger partial charge on any atom is -0.351 e. The lowest BCUT2D eigenvalue weighted by atomic mass is 10.0. The standard InChI is InChI=1S/C22H31N3OS/c1-17(2)19-10-15-27-21(19)22(26)23-11-7-12-25-14-13-24(3)16-20(25)18-8-5-4-6-9-18/h4-6,8-10,15,17,20H,7,11-14,16H2,1-3H3,(H,23,26)/t20-/m1/s1. The Balaban J connectivity index is 1.51. The zero-order valence-electron chi connectivity index (χ0n) is 16.6. The molecular weight excluding hydrogens is 354 g/mol. The van der Waals surface area contributed by atoms with E-state index in [1.165, 1.54) is 5.56 Å². The lowest BCUT2D eigenvalue weighted by molar-refractivity contribution is 0.0866. The van der Waals surface area contributed by atoms with Gasteiger partial charge in [-0.3, -0.25) is 9.69 Å². The van der Waals surface area contributed by atoms with Gasteiger partial charge in [0.25, 0.3) is 5.91 Å². The number of nitrogens with one attached hydrogen (secondary N) is 1. The minimum atomic E-state index is 0.0756. The molecule has 1 aliphatic heterocycles. The average Bonchev–Trinajstić information content (AvgIpc) is 3.17. The second-order valence-corrected chi connectivity index (χ2v) is 8.61. The predicted octanol–water partition coefficient (Wildman–Crippen LogP) is 3.98. The van der Waals surface area contributed by atoms with Crippen LogP contribution in [0.25, 0.3) is 0 Å². The van der Waals surface area contributed by atoms with Gasteiger partial charge in [0.2, 0.25) is 0 Å². The molecule has 4 nitrogen and oxygen atoms in total. The van der Waals surface area contributed by atoms with Gasteiger partial charge in [-0.2, -0.15) is 0 Å². The van der Waals surface area contributed by atoms with Crippen LogP contribution in [0.4, 0.5) is 0 Å². The number of carbonyl (C=O) groups excluding carboxylic acids is 1. The number of amides is 1. The largest absolute Gasteiger partial charge is 0.351 e. The summed E-state index contributed by atoms with van der Waals surface area (Å²) in [7, 11) is 2.20. The van der Waals surface area contributed by atoms with Crippen molar-refractivity contribution in [3.8, 4) is 0 Å². The van der Waals surface area contributed by atoms with Crippen molar-refractivity contribution in [3.05, 3.63) is 57.8 Å². The van der Waals surface area contributed by atoms with Crippen LogP contribution in [0.2, 0.25) is 0 Å². The summed E-state index contributed by atoms with van der Waals surface area (Å²) < 4.78 is 0. The number of piperazine rings is 1. The molecule has 1 aliphatic rings. The fourth-order valence-corrected chi connectivity index (χ4v) is 4.71. The summed E-state index contributed by atoms with van der Waals surface area (Å²) in [6.45, 7) is 9.24. The Labute approximate surface area is 167 Å². The van der Waals surface area contributed by atoms with Gasteiger partial charge in [-0.1, -0.05) is 44.2 Å². The summed E-state index contributed by atoms with van der Waals surface area (Å²) in [5.41, 5.74) is 2.54. The lowest BCUT2D eigenvalue weighted by Crippen LogP contribution is -2.47. The van der Waals surface area contributed by atoms with Gasteiger partial charge in [-0.25, -0.2) is 0 Å². The molecule has 0 unspecified atom stereocenters. The van der Waals surface area contributed by atoms with Crippen LogP contribution < -0.4 is 5.32 Å². The van der Waals surface area contributed by atoms with Gasteiger partial charge in [-0.05, 0) is 42.0 Å². The molecule has 1 atom stereocenters. The number of thiophene rings is 1. The first-order valence-electron chi connectivity index (χ1n) is 9.89. The molecule has 0 bridgehead atoms. The van der Waals surface area contributed by atoms with Crippen molar-refractivity contribution < 1.29 is 4.79 Å². The van der Waals surface area contributed by atoms with Crippen LogP contribution >= 0.6 is 11.3 Å². The van der Waals surface area contributed by atoms with Crippen molar-refractivity contribution in [2.45, 2.75) is 32.2 Å². The van der Waals surface area contributed by atoms with E-state index in [0.29, 0.717) is 12.0 Å². The number of rotatable bonds is 7. The van der Waals surface area contributed by atoms with E-state index in [1.54, 1.807) is 11.3 Å². The van der Waals surface area contributed by atoms with Crippen LogP contribution in [-0.2, 0) is 0 Å². The van der Waals surface area contributed by atoms with Crippen LogP contribution in [0.5, 0.6) is 0 Å². The highest BCUT2D eigenvalue weighted by Gasteiger charge is 2.26. The first-order valence-corrected chi connectivity index (χ1v) is 10.8. The van der Waals surface area contributed by atoms with Crippen molar-refractivity contribution in [2.75, 3.05) is 39.8 Å². The van der Waals surface area contributed by atoms with Gasteiger partial charge < -0.3 is 10.2 Å². The van der Waals surface area contributed by atoms with Crippen LogP contribution in [-0.4, -0.2) is 55.5 Å². The first-order chi connectivity index (χ1) is 13.1. The third-order valence-electron chi connectivity index (χ3n) is 5.31. The zero-order chi connectivity index (χ0) is 19.2. The molecule has 0 radical (unpaired) electrons. The van der Waals surface area contributed by atoms with Gasteiger partial charge in [-0.15, -0.1) is 11.3 Å². The van der Waals surface area contributed by atoms with Crippen LogP contribution in [0.1, 0.15) is 53.0 Å². The van der Waals surface area contributed by atoms with E-state index in [2.05, 4.69) is 72.4 Å². The van der Waals surface area contributed by atoms with E-state index in [-0.39, 0.29) is 5.91 Å². The molecule has 1 aromatic heterocycles. The topological polar surface area (TPSA) is 35.6 Å². The highest BCUT2D eigenvalue weighted by atomic mass is 32.1. The molecule has 146 valence electrons. The van der Waals surface area contributed by atoms with Gasteiger partial charge >= 0.3 is 0 Å². The molecule has 2 heterocycles. The molecule has 5 heteroatoms. The van der Waals surface area contributed by atoms with Crippen molar-refractivity contribution in [2.24, 2.45) is 0 Å². The number of hydrogen-bond donors (Lipinski definition) is 1. The quantitative estimate of drug-likeness (QED) is 0.732. The van der Waals surface area contributed by atoms with Gasteiger partial charge in [0.05, 0.1) is 4.88 Å². The van der Waals surface area contributed by atoms with Crippen LogP contribution in [0.3, 0.4) is 0 Å². The van der Waals surface area contributed by atoms with Crippen molar-refractivity contribution >= 4 is 17.2 Å². The molecule has 2 aromatic rings. The monoisotopic (exact) mass is 385 g/mol. The summed E-state index contributed by atoms with van der Waals surface area (Å²) in [6.07, 6.45) is 0.973. The molecule has 1 aromatic carbocycles. The average molecular weight is 386 g/mol. The highest BCUT2D eigenvalue weighted by molar-refractivity contribution is 7.12. The van der Waals surface area contributed by atoms with E-state index in [1.807, 2.05) is 5.38 Å². The number of carbonyl (C=O) groups is 1. The molecule has 0 saturated carbocycles. The molecule has 1 N–H and O–H groups in total. The molecule has 1 fully saturated rings. The third kappa shape index (κ3) is 5.18. The Morgan fingerprint density at radius 2 is 2.00 bits per heavy atom. The molecule has 1 saturated heterocycles. The smallest absolute Gasteiger partial charge is 0.261 e. The fourth-order valence-electron chi connectivity index (χ4n) is 3.74. The molecule has 27 heavy (non-hydrogen) atoms. The van der Waals surface area contributed by atoms with E-state index in [0.717, 1.165) is 49.6 Å². The maximum Gasteiger partial charge on any atom is 0.261 e. The molecule has 1 amide bonds. The maximum atomic E-state index is 12.5.